The lowest BCUT2D eigenvalue weighted by Crippen LogP contribution is -2.51. The lowest BCUT2D eigenvalue weighted by Gasteiger charge is -2.58. The Hall–Kier alpha value is -3.97. The molecule has 5 aliphatic rings. The maximum Gasteiger partial charge on any atom is 0.307 e. The molecule has 9 heteroatoms. The van der Waals surface area contributed by atoms with Gasteiger partial charge in [-0.25, -0.2) is 4.98 Å². The summed E-state index contributed by atoms with van der Waals surface area (Å²) in [6.45, 7) is 19.2. The molecule has 2 aromatic heterocycles. The average Bonchev–Trinajstić information content (AvgIpc) is 3.56. The molecule has 9 rings (SSSR count). The predicted octanol–water partition coefficient (Wildman–Crippen LogP) is 11.5. The molecule has 1 aliphatic heterocycles. The minimum absolute atomic E-state index is 0.0963. The molecule has 61 heavy (non-hydrogen) atoms. The van der Waals surface area contributed by atoms with Crippen molar-refractivity contribution in [1.29, 1.82) is 0 Å². The van der Waals surface area contributed by atoms with Crippen molar-refractivity contribution >= 4 is 25.8 Å². The third kappa shape index (κ3) is 9.82. The van der Waals surface area contributed by atoms with E-state index in [0.29, 0.717) is 0 Å². The molecule has 4 aliphatic carbocycles. The van der Waals surface area contributed by atoms with Crippen LogP contribution in [-0.2, 0) is 9.22 Å². The van der Waals surface area contributed by atoms with E-state index in [4.69, 9.17) is 14.5 Å². The second kappa shape index (κ2) is 18.4. The second-order valence-electron chi connectivity index (χ2n) is 20.9. The summed E-state index contributed by atoms with van der Waals surface area (Å²) in [6.07, 6.45) is 14.9. The number of aryl methyl sites for hydroxylation is 1. The van der Waals surface area contributed by atoms with E-state index >= 15 is 0 Å². The zero-order valence-corrected chi connectivity index (χ0v) is 39.0. The van der Waals surface area contributed by atoms with Crippen molar-refractivity contribution in [2.75, 3.05) is 44.2 Å². The quantitative estimate of drug-likeness (QED) is 0.0683. The molecule has 2 aromatic carbocycles. The maximum absolute atomic E-state index is 12.5. The largest absolute Gasteiger partial charge is 0.481 e. The molecule has 8 nitrogen and oxygen atoms in total. The smallest absolute Gasteiger partial charge is 0.307 e. The van der Waals surface area contributed by atoms with Crippen LogP contribution in [0.15, 0.2) is 60.7 Å². The van der Waals surface area contributed by atoms with Gasteiger partial charge in [-0.05, 0) is 117 Å². The second-order valence-corrected chi connectivity index (χ2v) is 25.7. The van der Waals surface area contributed by atoms with E-state index in [1.807, 2.05) is 0 Å². The topological polar surface area (TPSA) is 83.2 Å². The Kier molecular flexibility index (Phi) is 13.2. The van der Waals surface area contributed by atoms with E-state index in [1.54, 1.807) is 0 Å². The Balaban J connectivity index is 0.890. The number of fused-ring (bicyclic) bond motifs is 1. The lowest BCUT2D eigenvalue weighted by molar-refractivity contribution is -0.158. The first-order valence-electron chi connectivity index (χ1n) is 23.7. The summed E-state index contributed by atoms with van der Waals surface area (Å²) in [5, 5.41) is 15.6. The minimum atomic E-state index is -1.77. The lowest BCUT2D eigenvalue weighted by atomic mass is 9.46. The highest BCUT2D eigenvalue weighted by molar-refractivity contribution is 6.74. The zero-order chi connectivity index (χ0) is 42.8. The fraction of sp³-hybridized carbons (Fsp3) is 0.596. The van der Waals surface area contributed by atoms with Crippen molar-refractivity contribution in [3.63, 3.8) is 0 Å². The van der Waals surface area contributed by atoms with Crippen LogP contribution in [0.3, 0.4) is 0 Å². The van der Waals surface area contributed by atoms with Crippen molar-refractivity contribution in [3.05, 3.63) is 71.9 Å². The Labute approximate surface area is 367 Å². The van der Waals surface area contributed by atoms with E-state index < -0.39 is 14.3 Å². The van der Waals surface area contributed by atoms with Gasteiger partial charge in [-0.1, -0.05) is 101 Å². The monoisotopic (exact) mass is 842 g/mol. The van der Waals surface area contributed by atoms with Gasteiger partial charge in [0.25, 0.3) is 0 Å². The molecule has 5 fully saturated rings. The van der Waals surface area contributed by atoms with Gasteiger partial charge < -0.3 is 14.4 Å². The summed E-state index contributed by atoms with van der Waals surface area (Å²) >= 11 is 0. The van der Waals surface area contributed by atoms with Crippen LogP contribution in [0, 0.1) is 47.9 Å². The molecular weight excluding hydrogens is 771 g/mol. The van der Waals surface area contributed by atoms with Gasteiger partial charge in [0.2, 0.25) is 0 Å². The summed E-state index contributed by atoms with van der Waals surface area (Å²) in [5.74, 6) is 9.72. The minimum Gasteiger partial charge on any atom is -0.481 e. The van der Waals surface area contributed by atoms with Gasteiger partial charge in [-0.2, -0.15) is 9.61 Å². The van der Waals surface area contributed by atoms with Crippen LogP contribution in [0.4, 0.5) is 5.82 Å². The first-order valence-corrected chi connectivity index (χ1v) is 26.6. The van der Waals surface area contributed by atoms with Gasteiger partial charge in [0.15, 0.2) is 14.0 Å². The maximum atomic E-state index is 12.5. The molecular formula is C52H71N5O3Si. The van der Waals surface area contributed by atoms with Gasteiger partial charge in [0.05, 0.1) is 17.3 Å². The van der Waals surface area contributed by atoms with E-state index in [-0.39, 0.29) is 16.4 Å². The van der Waals surface area contributed by atoms with Crippen molar-refractivity contribution in [2.24, 2.45) is 29.1 Å². The third-order valence-electron chi connectivity index (χ3n) is 15.5. The molecule has 1 atom stereocenters. The van der Waals surface area contributed by atoms with Crippen LogP contribution in [0.25, 0.3) is 28.0 Å². The van der Waals surface area contributed by atoms with Crippen LogP contribution in [0.1, 0.15) is 115 Å². The van der Waals surface area contributed by atoms with Crippen LogP contribution < -0.4 is 4.90 Å². The molecule has 0 amide bonds. The fourth-order valence-corrected chi connectivity index (χ4v) is 12.6. The van der Waals surface area contributed by atoms with Gasteiger partial charge in [0.1, 0.15) is 5.82 Å². The van der Waals surface area contributed by atoms with Crippen molar-refractivity contribution in [2.45, 2.75) is 129 Å². The summed E-state index contributed by atoms with van der Waals surface area (Å²) in [6, 6.07) is 21.3. The normalized spacial score (nSPS) is 23.3. The molecule has 4 bridgehead atoms. The number of rotatable bonds is 16. The van der Waals surface area contributed by atoms with Crippen molar-refractivity contribution in [3.8, 4) is 34.2 Å². The third-order valence-corrected chi connectivity index (χ3v) is 20.0. The predicted molar refractivity (Wildman–Crippen MR) is 251 cm³/mol. The van der Waals surface area contributed by atoms with Gasteiger partial charge in [-0.3, -0.25) is 9.69 Å². The molecule has 1 N–H and O–H groups in total. The molecule has 3 heterocycles. The molecule has 0 spiro atoms. The molecule has 1 unspecified atom stereocenters. The van der Waals surface area contributed by atoms with Crippen LogP contribution in [0.5, 0.6) is 0 Å². The number of piperazine rings is 1. The van der Waals surface area contributed by atoms with Crippen LogP contribution in [0.2, 0.25) is 18.1 Å². The van der Waals surface area contributed by atoms with E-state index in [0.717, 1.165) is 147 Å². The van der Waals surface area contributed by atoms with Crippen LogP contribution >= 0.6 is 0 Å². The first kappa shape index (κ1) is 43.7. The first-order chi connectivity index (χ1) is 29.3. The number of benzene rings is 2. The standard InChI is InChI=1S/C52H71N5O3Si/c1-38-48(43-20-14-12-15-21-43)49-53-46(34-47(57(49)54-38)56-26-24-55(25-27-56)28-29-60-61(5,6)51(2,3)4)44-22-17-19-39(33-44)18-13-10-8-7-9-11-16-23-45(50(58)59)52-35-40-30-41(36-52)32-42(31-40)37-52/h12,14-15,17,19-22,33-34,40-42,45H,7-11,16,23-32,35-37H2,1-6H3,(H,58,59). The molecule has 326 valence electrons. The highest BCUT2D eigenvalue weighted by atomic mass is 28.4. The number of hydrogen-bond donors (Lipinski definition) is 1. The molecule has 1 saturated heterocycles. The van der Waals surface area contributed by atoms with E-state index in [9.17, 15) is 9.90 Å². The zero-order valence-electron chi connectivity index (χ0n) is 38.0. The number of carboxylic acid groups (broad SMARTS) is 1. The Morgan fingerprint density at radius 2 is 1.54 bits per heavy atom. The summed E-state index contributed by atoms with van der Waals surface area (Å²) < 4.78 is 8.59. The Bertz CT molecular complexity index is 2170. The van der Waals surface area contributed by atoms with Crippen LogP contribution in [-0.4, -0.2) is 78.2 Å². The summed E-state index contributed by atoms with van der Waals surface area (Å²) in [4.78, 5) is 22.9. The Morgan fingerprint density at radius 1 is 0.885 bits per heavy atom. The SMILES string of the molecule is Cc1nn2c(N3CCN(CCO[Si](C)(C)C(C)(C)C)CC3)cc(-c3cccc(C#CCCCCCCCC(C(=O)O)C45CC6CC(CC(C6)C4)C5)c3)nc2c1-c1ccccc1. The van der Waals surface area contributed by atoms with Gasteiger partial charge >= 0.3 is 5.97 Å². The molecule has 4 aromatic rings. The van der Waals surface area contributed by atoms with Crippen molar-refractivity contribution in [1.82, 2.24) is 19.5 Å². The number of anilines is 1. The number of hydrogen-bond acceptors (Lipinski definition) is 6. The summed E-state index contributed by atoms with van der Waals surface area (Å²) in [5.41, 5.74) is 7.14. The van der Waals surface area contributed by atoms with E-state index in [2.05, 4.69) is 128 Å². The number of aromatic nitrogens is 3. The fourth-order valence-electron chi connectivity index (χ4n) is 11.6. The number of nitrogens with zero attached hydrogens (tertiary/aromatic N) is 5. The molecule has 4 saturated carbocycles. The molecule has 0 radical (unpaired) electrons. The number of aliphatic carboxylic acids is 1. The average molecular weight is 842 g/mol. The highest BCUT2D eigenvalue weighted by Crippen LogP contribution is 2.63. The number of carbonyl (C=O) groups is 1. The summed E-state index contributed by atoms with van der Waals surface area (Å²) in [7, 11) is -1.77. The Morgan fingerprint density at radius 3 is 2.21 bits per heavy atom. The van der Waals surface area contributed by atoms with E-state index in [1.165, 1.54) is 38.5 Å². The van der Waals surface area contributed by atoms with Crippen molar-refractivity contribution < 1.29 is 14.3 Å². The van der Waals surface area contributed by atoms with Gasteiger partial charge in [0, 0.05) is 68.5 Å². The number of unbranched alkanes of at least 4 members (excludes halogenated alkanes) is 5. The highest BCUT2D eigenvalue weighted by Gasteiger charge is 2.55. The van der Waals surface area contributed by atoms with Gasteiger partial charge in [-0.15, -0.1) is 0 Å². The number of carboxylic acids is 1.